The van der Waals surface area contributed by atoms with Crippen LogP contribution in [0.25, 0.3) is 0 Å². The molecule has 1 aliphatic heterocycles. The van der Waals surface area contributed by atoms with Gasteiger partial charge in [-0.25, -0.2) is 12.8 Å². The summed E-state index contributed by atoms with van der Waals surface area (Å²) in [6.45, 7) is 0. The number of ether oxygens (including phenoxy) is 2. The van der Waals surface area contributed by atoms with E-state index < -0.39 is 16.1 Å². The van der Waals surface area contributed by atoms with Crippen molar-refractivity contribution < 1.29 is 22.3 Å². The van der Waals surface area contributed by atoms with Crippen molar-refractivity contribution in [1.82, 2.24) is 4.41 Å². The van der Waals surface area contributed by atoms with Gasteiger partial charge in [0.15, 0.2) is 0 Å². The Morgan fingerprint density at radius 2 is 1.81 bits per heavy atom. The second kappa shape index (κ2) is 6.95. The summed E-state index contributed by atoms with van der Waals surface area (Å²) in [7, 11) is -0.516. The molecule has 0 saturated heterocycles. The monoisotopic (exact) mass is 378 g/mol. The van der Waals surface area contributed by atoms with Gasteiger partial charge in [0.05, 0.1) is 32.2 Å². The highest BCUT2D eigenvalue weighted by molar-refractivity contribution is 7.88. The maximum absolute atomic E-state index is 13.2. The fourth-order valence-corrected chi connectivity index (χ4v) is 3.83. The van der Waals surface area contributed by atoms with Crippen LogP contribution < -0.4 is 9.47 Å². The van der Waals surface area contributed by atoms with Crippen LogP contribution in [0.4, 0.5) is 4.39 Å². The van der Waals surface area contributed by atoms with Crippen LogP contribution in [0.2, 0.25) is 0 Å². The van der Waals surface area contributed by atoms with Crippen LogP contribution in [-0.4, -0.2) is 39.0 Å². The third-order valence-corrected chi connectivity index (χ3v) is 5.20. The molecular formula is C18H19FN2O4S. The Labute approximate surface area is 151 Å². The van der Waals surface area contributed by atoms with Crippen molar-refractivity contribution in [2.45, 2.75) is 12.5 Å². The molecule has 0 radical (unpaired) electrons. The van der Waals surface area contributed by atoms with E-state index >= 15 is 0 Å². The van der Waals surface area contributed by atoms with Crippen molar-refractivity contribution in [3.05, 3.63) is 59.4 Å². The van der Waals surface area contributed by atoms with Crippen LogP contribution in [0.3, 0.4) is 0 Å². The van der Waals surface area contributed by atoms with Crippen LogP contribution in [0, 0.1) is 5.82 Å². The highest BCUT2D eigenvalue weighted by Gasteiger charge is 2.35. The molecule has 26 heavy (non-hydrogen) atoms. The number of benzene rings is 2. The van der Waals surface area contributed by atoms with Gasteiger partial charge in [-0.15, -0.1) is 0 Å². The molecule has 0 spiro atoms. The van der Waals surface area contributed by atoms with Gasteiger partial charge >= 0.3 is 0 Å². The number of sulfonamides is 1. The van der Waals surface area contributed by atoms with Crippen molar-refractivity contribution in [2.75, 3.05) is 20.5 Å². The zero-order valence-electron chi connectivity index (χ0n) is 14.6. The molecule has 1 atom stereocenters. The Hall–Kier alpha value is -2.61. The number of hydrogen-bond donors (Lipinski definition) is 0. The Morgan fingerprint density at radius 3 is 2.38 bits per heavy atom. The van der Waals surface area contributed by atoms with Gasteiger partial charge in [0.25, 0.3) is 0 Å². The van der Waals surface area contributed by atoms with E-state index in [9.17, 15) is 12.8 Å². The first kappa shape index (κ1) is 18.2. The summed E-state index contributed by atoms with van der Waals surface area (Å²) in [5.41, 5.74) is 1.93. The Balaban J connectivity index is 2.03. The standard InChI is InChI=1S/C18H19FN2O4S/c1-24-14-8-9-15(18(10-14)25-2)16-11-17(21(20-16)26(3,22)23)12-4-6-13(19)7-5-12/h4-10,17H,11H2,1-3H3/t17-/m0/s1. The molecule has 6 nitrogen and oxygen atoms in total. The molecule has 0 fully saturated rings. The fourth-order valence-electron chi connectivity index (χ4n) is 2.93. The van der Waals surface area contributed by atoms with Crippen LogP contribution in [0.5, 0.6) is 11.5 Å². The van der Waals surface area contributed by atoms with Gasteiger partial charge in [0.1, 0.15) is 17.3 Å². The summed E-state index contributed by atoms with van der Waals surface area (Å²) in [6, 6.07) is 10.5. The highest BCUT2D eigenvalue weighted by Crippen LogP contribution is 2.37. The quantitative estimate of drug-likeness (QED) is 0.802. The van der Waals surface area contributed by atoms with E-state index in [0.717, 1.165) is 10.7 Å². The van der Waals surface area contributed by atoms with E-state index in [1.165, 1.54) is 19.2 Å². The molecule has 1 heterocycles. The lowest BCUT2D eigenvalue weighted by atomic mass is 9.98. The van der Waals surface area contributed by atoms with Gasteiger partial charge in [-0.05, 0) is 29.8 Å². The molecule has 2 aromatic rings. The smallest absolute Gasteiger partial charge is 0.247 e. The number of rotatable bonds is 5. The van der Waals surface area contributed by atoms with Gasteiger partial charge in [-0.1, -0.05) is 12.1 Å². The summed E-state index contributed by atoms with van der Waals surface area (Å²) in [5.74, 6) is 0.783. The van der Waals surface area contributed by atoms with E-state index in [1.54, 1.807) is 37.4 Å². The number of methoxy groups -OCH3 is 2. The molecule has 0 aliphatic carbocycles. The fraction of sp³-hybridized carbons (Fsp3) is 0.278. The average molecular weight is 378 g/mol. The minimum absolute atomic E-state index is 0.349. The first-order valence-corrected chi connectivity index (χ1v) is 9.73. The SMILES string of the molecule is COc1ccc(C2=NN(S(C)(=O)=O)[C@H](c3ccc(F)cc3)C2)c(OC)c1. The van der Waals surface area contributed by atoms with Gasteiger partial charge in [-0.3, -0.25) is 0 Å². The molecule has 8 heteroatoms. The molecular weight excluding hydrogens is 359 g/mol. The average Bonchev–Trinajstić information content (AvgIpc) is 3.07. The van der Waals surface area contributed by atoms with Crippen LogP contribution in [0.1, 0.15) is 23.6 Å². The lowest BCUT2D eigenvalue weighted by Crippen LogP contribution is -2.25. The molecule has 0 bridgehead atoms. The third-order valence-electron chi connectivity index (χ3n) is 4.19. The van der Waals surface area contributed by atoms with E-state index in [0.29, 0.717) is 34.8 Å². The normalized spacial score (nSPS) is 17.2. The number of hydrazone groups is 1. The Kier molecular flexibility index (Phi) is 4.86. The van der Waals surface area contributed by atoms with Crippen molar-refractivity contribution in [1.29, 1.82) is 0 Å². The second-order valence-electron chi connectivity index (χ2n) is 5.92. The zero-order valence-corrected chi connectivity index (χ0v) is 15.5. The van der Waals surface area contributed by atoms with Crippen LogP contribution >= 0.6 is 0 Å². The predicted octanol–water partition coefficient (Wildman–Crippen LogP) is 2.95. The lowest BCUT2D eigenvalue weighted by Gasteiger charge is -2.21. The van der Waals surface area contributed by atoms with E-state index in [-0.39, 0.29) is 5.82 Å². The largest absolute Gasteiger partial charge is 0.497 e. The molecule has 138 valence electrons. The molecule has 0 amide bonds. The highest BCUT2D eigenvalue weighted by atomic mass is 32.2. The Morgan fingerprint density at radius 1 is 1.12 bits per heavy atom. The number of halogens is 1. The predicted molar refractivity (Wildman–Crippen MR) is 96.5 cm³/mol. The van der Waals surface area contributed by atoms with E-state index in [1.807, 2.05) is 0 Å². The maximum Gasteiger partial charge on any atom is 0.247 e. The minimum atomic E-state index is -3.60. The summed E-state index contributed by atoms with van der Waals surface area (Å²) >= 11 is 0. The molecule has 3 rings (SSSR count). The molecule has 0 N–H and O–H groups in total. The minimum Gasteiger partial charge on any atom is -0.497 e. The summed E-state index contributed by atoms with van der Waals surface area (Å²) in [5, 5.41) is 4.32. The topological polar surface area (TPSA) is 68.2 Å². The van der Waals surface area contributed by atoms with Crippen LogP contribution in [-0.2, 0) is 10.0 Å². The molecule has 0 unspecified atom stereocenters. The van der Waals surface area contributed by atoms with Crippen molar-refractivity contribution in [2.24, 2.45) is 5.10 Å². The first-order valence-electron chi connectivity index (χ1n) is 7.88. The maximum atomic E-state index is 13.2. The van der Waals surface area contributed by atoms with Crippen LogP contribution in [0.15, 0.2) is 47.6 Å². The van der Waals surface area contributed by atoms with Crippen molar-refractivity contribution >= 4 is 15.7 Å². The van der Waals surface area contributed by atoms with E-state index in [4.69, 9.17) is 9.47 Å². The third kappa shape index (κ3) is 3.50. The lowest BCUT2D eigenvalue weighted by molar-refractivity contribution is 0.374. The summed E-state index contributed by atoms with van der Waals surface area (Å²) in [6.07, 6.45) is 1.45. The zero-order chi connectivity index (χ0) is 18.9. The molecule has 2 aromatic carbocycles. The van der Waals surface area contributed by atoms with Gasteiger partial charge in [-0.2, -0.15) is 9.52 Å². The van der Waals surface area contributed by atoms with Gasteiger partial charge in [0.2, 0.25) is 10.0 Å². The number of hydrogen-bond acceptors (Lipinski definition) is 5. The molecule has 0 saturated carbocycles. The molecule has 1 aliphatic rings. The Bertz CT molecular complexity index is 942. The second-order valence-corrected chi connectivity index (χ2v) is 7.76. The first-order chi connectivity index (χ1) is 12.3. The van der Waals surface area contributed by atoms with Gasteiger partial charge in [0, 0.05) is 18.1 Å². The summed E-state index contributed by atoms with van der Waals surface area (Å²) < 4.78 is 49.3. The summed E-state index contributed by atoms with van der Waals surface area (Å²) in [4.78, 5) is 0. The van der Waals surface area contributed by atoms with E-state index in [2.05, 4.69) is 5.10 Å². The van der Waals surface area contributed by atoms with Gasteiger partial charge < -0.3 is 9.47 Å². The van der Waals surface area contributed by atoms with Crippen molar-refractivity contribution in [3.8, 4) is 11.5 Å². The number of nitrogens with zero attached hydrogens (tertiary/aromatic N) is 2. The molecule has 0 aromatic heterocycles. The van der Waals surface area contributed by atoms with Crippen molar-refractivity contribution in [3.63, 3.8) is 0 Å².